The third kappa shape index (κ3) is 6.57. The summed E-state index contributed by atoms with van der Waals surface area (Å²) >= 11 is 0. The fourth-order valence-electron chi connectivity index (χ4n) is 3.56. The highest BCUT2D eigenvalue weighted by Crippen LogP contribution is 2.17. The molecule has 0 bridgehead atoms. The van der Waals surface area contributed by atoms with Crippen LogP contribution in [0.15, 0.2) is 60.7 Å². The summed E-state index contributed by atoms with van der Waals surface area (Å²) < 4.78 is 11.1. The zero-order chi connectivity index (χ0) is 22.8. The van der Waals surface area contributed by atoms with Crippen molar-refractivity contribution in [1.82, 2.24) is 10.0 Å². The van der Waals surface area contributed by atoms with E-state index in [0.29, 0.717) is 25.9 Å². The average molecular weight is 439 g/mol. The van der Waals surface area contributed by atoms with Crippen molar-refractivity contribution in [2.45, 2.75) is 51.7 Å². The van der Waals surface area contributed by atoms with Gasteiger partial charge in [-0.05, 0) is 30.4 Å². The number of hydrogen-bond donors (Lipinski definition) is 0. The smallest absolute Gasteiger partial charge is 0.429 e. The lowest BCUT2D eigenvalue weighted by atomic mass is 10.1. The number of esters is 1. The lowest BCUT2D eigenvalue weighted by Crippen LogP contribution is -2.54. The summed E-state index contributed by atoms with van der Waals surface area (Å²) in [5.74, 6) is -0.732. The van der Waals surface area contributed by atoms with Gasteiger partial charge in [0, 0.05) is 25.9 Å². The van der Waals surface area contributed by atoms with Crippen LogP contribution in [0.1, 0.15) is 43.7 Å². The van der Waals surface area contributed by atoms with E-state index in [2.05, 4.69) is 0 Å². The number of amides is 2. The molecule has 1 unspecified atom stereocenters. The molecule has 7 heteroatoms. The second kappa shape index (κ2) is 11.9. The SMILES string of the molecule is CCCC(=O)N1CCCCN1C(=O)OC(Cc1ccccc1)C(=O)OCc1ccccc1. The Kier molecular flexibility index (Phi) is 8.66. The van der Waals surface area contributed by atoms with Crippen molar-refractivity contribution in [1.29, 1.82) is 0 Å². The van der Waals surface area contributed by atoms with E-state index in [0.717, 1.165) is 24.0 Å². The maximum Gasteiger partial charge on any atom is 0.429 e. The van der Waals surface area contributed by atoms with Crippen LogP contribution in [-0.2, 0) is 32.1 Å². The molecule has 1 atom stereocenters. The third-order valence-corrected chi connectivity index (χ3v) is 5.24. The van der Waals surface area contributed by atoms with Crippen LogP contribution in [0.2, 0.25) is 0 Å². The quantitative estimate of drug-likeness (QED) is 0.580. The molecule has 1 heterocycles. The molecule has 3 rings (SSSR count). The molecular formula is C25H30N2O5. The number of carbonyl (C=O) groups excluding carboxylic acids is 3. The highest BCUT2D eigenvalue weighted by atomic mass is 16.6. The van der Waals surface area contributed by atoms with Crippen molar-refractivity contribution in [3.8, 4) is 0 Å². The summed E-state index contributed by atoms with van der Waals surface area (Å²) in [6, 6.07) is 18.7. The van der Waals surface area contributed by atoms with Crippen LogP contribution < -0.4 is 0 Å². The van der Waals surface area contributed by atoms with Crippen molar-refractivity contribution >= 4 is 18.0 Å². The Morgan fingerprint density at radius 1 is 0.875 bits per heavy atom. The molecule has 0 N–H and O–H groups in total. The van der Waals surface area contributed by atoms with Gasteiger partial charge in [-0.1, -0.05) is 67.6 Å². The van der Waals surface area contributed by atoms with Gasteiger partial charge in [-0.15, -0.1) is 0 Å². The van der Waals surface area contributed by atoms with Gasteiger partial charge in [0.25, 0.3) is 0 Å². The van der Waals surface area contributed by atoms with Crippen molar-refractivity contribution in [3.63, 3.8) is 0 Å². The predicted molar refractivity (Wildman–Crippen MR) is 119 cm³/mol. The standard InChI is InChI=1S/C25H30N2O5/c1-2-11-23(28)26-16-9-10-17-27(26)25(30)32-22(18-20-12-5-3-6-13-20)24(29)31-19-21-14-7-4-8-15-21/h3-8,12-15,22H,2,9-11,16-19H2,1H3. The van der Waals surface area contributed by atoms with E-state index in [1.807, 2.05) is 67.6 Å². The van der Waals surface area contributed by atoms with Crippen LogP contribution in [0, 0.1) is 0 Å². The fourth-order valence-corrected chi connectivity index (χ4v) is 3.56. The number of hydrazine groups is 1. The predicted octanol–water partition coefficient (Wildman–Crippen LogP) is 4.12. The van der Waals surface area contributed by atoms with Crippen LogP contribution in [-0.4, -0.2) is 47.2 Å². The second-order valence-corrected chi connectivity index (χ2v) is 7.75. The Hall–Kier alpha value is -3.35. The lowest BCUT2D eigenvalue weighted by molar-refractivity contribution is -0.159. The summed E-state index contributed by atoms with van der Waals surface area (Å²) in [7, 11) is 0. The third-order valence-electron chi connectivity index (χ3n) is 5.24. The van der Waals surface area contributed by atoms with E-state index in [-0.39, 0.29) is 18.9 Å². The zero-order valence-corrected chi connectivity index (χ0v) is 18.4. The zero-order valence-electron chi connectivity index (χ0n) is 18.4. The molecule has 0 aliphatic carbocycles. The van der Waals surface area contributed by atoms with Crippen LogP contribution in [0.25, 0.3) is 0 Å². The molecule has 32 heavy (non-hydrogen) atoms. The van der Waals surface area contributed by atoms with E-state index < -0.39 is 18.2 Å². The molecule has 0 aromatic heterocycles. The van der Waals surface area contributed by atoms with E-state index in [9.17, 15) is 14.4 Å². The van der Waals surface area contributed by atoms with Crippen LogP contribution in [0.5, 0.6) is 0 Å². The summed E-state index contributed by atoms with van der Waals surface area (Å²) in [6.07, 6.45) is 1.03. The molecule has 170 valence electrons. The first-order valence-corrected chi connectivity index (χ1v) is 11.1. The number of carbonyl (C=O) groups is 3. The number of hydrogen-bond acceptors (Lipinski definition) is 5. The van der Waals surface area contributed by atoms with E-state index in [4.69, 9.17) is 9.47 Å². The van der Waals surface area contributed by atoms with E-state index >= 15 is 0 Å². The molecule has 1 aliphatic rings. The Labute approximate surface area is 188 Å². The topological polar surface area (TPSA) is 76.2 Å². The minimum atomic E-state index is -1.11. The molecular weight excluding hydrogens is 408 g/mol. The van der Waals surface area contributed by atoms with Gasteiger partial charge >= 0.3 is 12.1 Å². The average Bonchev–Trinajstić information content (AvgIpc) is 2.83. The van der Waals surface area contributed by atoms with Crippen molar-refractivity contribution in [2.75, 3.05) is 13.1 Å². The number of nitrogens with zero attached hydrogens (tertiary/aromatic N) is 2. The van der Waals surface area contributed by atoms with Gasteiger partial charge in [0.15, 0.2) is 0 Å². The first-order chi connectivity index (χ1) is 15.6. The monoisotopic (exact) mass is 438 g/mol. The lowest BCUT2D eigenvalue weighted by Gasteiger charge is -2.38. The summed E-state index contributed by atoms with van der Waals surface area (Å²) in [5.41, 5.74) is 1.69. The maximum absolute atomic E-state index is 13.0. The first kappa shape index (κ1) is 23.3. The van der Waals surface area contributed by atoms with Crippen molar-refractivity contribution in [2.24, 2.45) is 0 Å². The van der Waals surface area contributed by atoms with Gasteiger partial charge in [0.1, 0.15) is 6.61 Å². The number of benzene rings is 2. The molecule has 1 fully saturated rings. The number of ether oxygens (including phenoxy) is 2. The van der Waals surface area contributed by atoms with Gasteiger partial charge in [-0.3, -0.25) is 4.79 Å². The van der Waals surface area contributed by atoms with Gasteiger partial charge in [0.2, 0.25) is 12.0 Å². The van der Waals surface area contributed by atoms with Gasteiger partial charge in [-0.25, -0.2) is 19.6 Å². The summed E-state index contributed by atoms with van der Waals surface area (Å²) in [6.45, 7) is 2.86. The molecule has 2 amide bonds. The Morgan fingerprint density at radius 2 is 1.47 bits per heavy atom. The van der Waals surface area contributed by atoms with E-state index in [1.165, 1.54) is 10.0 Å². The molecule has 0 saturated carbocycles. The van der Waals surface area contributed by atoms with Gasteiger partial charge in [0.05, 0.1) is 0 Å². The second-order valence-electron chi connectivity index (χ2n) is 7.75. The fraction of sp³-hybridized carbons (Fsp3) is 0.400. The normalized spacial score (nSPS) is 14.5. The molecule has 7 nitrogen and oxygen atoms in total. The summed E-state index contributed by atoms with van der Waals surface area (Å²) in [5, 5.41) is 2.77. The van der Waals surface area contributed by atoms with Gasteiger partial charge in [-0.2, -0.15) is 0 Å². The van der Waals surface area contributed by atoms with Crippen LogP contribution in [0.3, 0.4) is 0 Å². The van der Waals surface area contributed by atoms with Crippen molar-refractivity contribution < 1.29 is 23.9 Å². The first-order valence-electron chi connectivity index (χ1n) is 11.1. The molecule has 0 radical (unpaired) electrons. The minimum Gasteiger partial charge on any atom is -0.458 e. The molecule has 2 aromatic carbocycles. The molecule has 1 saturated heterocycles. The van der Waals surface area contributed by atoms with Crippen LogP contribution in [0.4, 0.5) is 4.79 Å². The Bertz CT molecular complexity index is 888. The minimum absolute atomic E-state index is 0.0906. The summed E-state index contributed by atoms with van der Waals surface area (Å²) in [4.78, 5) is 38.3. The van der Waals surface area contributed by atoms with Crippen molar-refractivity contribution in [3.05, 3.63) is 71.8 Å². The number of rotatable bonds is 8. The highest BCUT2D eigenvalue weighted by molar-refractivity contribution is 5.82. The molecule has 2 aromatic rings. The highest BCUT2D eigenvalue weighted by Gasteiger charge is 2.33. The van der Waals surface area contributed by atoms with Gasteiger partial charge < -0.3 is 9.47 Å². The van der Waals surface area contributed by atoms with Crippen LogP contribution >= 0.6 is 0 Å². The largest absolute Gasteiger partial charge is 0.458 e. The Balaban J connectivity index is 1.71. The Morgan fingerprint density at radius 3 is 2.09 bits per heavy atom. The maximum atomic E-state index is 13.0. The molecule has 0 spiro atoms. The molecule has 1 aliphatic heterocycles. The van der Waals surface area contributed by atoms with E-state index in [1.54, 1.807) is 0 Å².